The molecule has 0 aromatic rings. The number of carbonyl (C=O) groups is 1. The lowest BCUT2D eigenvalue weighted by atomic mass is 9.52. The highest BCUT2D eigenvalue weighted by Crippen LogP contribution is 2.65. The van der Waals surface area contributed by atoms with Crippen molar-refractivity contribution in [2.75, 3.05) is 12.8 Å². The Morgan fingerprint density at radius 2 is 1.81 bits per heavy atom. The van der Waals surface area contributed by atoms with E-state index in [1.807, 2.05) is 0 Å². The van der Waals surface area contributed by atoms with E-state index in [0.717, 1.165) is 56.8 Å². The zero-order valence-corrected chi connectivity index (χ0v) is 24.1. The van der Waals surface area contributed by atoms with Crippen LogP contribution in [0, 0.1) is 40.9 Å². The number of sulfonamides is 1. The molecule has 4 aliphatic carbocycles. The Morgan fingerprint density at radius 3 is 2.53 bits per heavy atom. The van der Waals surface area contributed by atoms with E-state index in [4.69, 9.17) is 4.74 Å². The Bertz CT molecular complexity index is 1100. The van der Waals surface area contributed by atoms with E-state index < -0.39 is 15.6 Å². The standard InChI is InChI=1S/C30H47NO4S/c1-18-15-29(5)27(31(17-18)36(6,33)34)20(3)30(35-29)12-10-23-24-8-7-21-13-22(32)9-11-28(21,4)26(24)14-25(23)19(2)16-30/h18,20-21,23-24,26-27H,7-17H2,1-6H3/t18-,20+,21+,23-,24-,26?,27?,28-,29+,30-/m0/s1. The summed E-state index contributed by atoms with van der Waals surface area (Å²) in [5, 5.41) is 0. The molecule has 6 aliphatic rings. The van der Waals surface area contributed by atoms with E-state index in [9.17, 15) is 13.2 Å². The number of piperidine rings is 1. The molecule has 6 rings (SSSR count). The lowest BCUT2D eigenvalue weighted by molar-refractivity contribution is -0.133. The minimum atomic E-state index is -3.30. The normalized spacial score (nSPS) is 51.5. The van der Waals surface area contributed by atoms with Crippen molar-refractivity contribution in [3.05, 3.63) is 11.1 Å². The van der Waals surface area contributed by atoms with Crippen LogP contribution < -0.4 is 0 Å². The van der Waals surface area contributed by atoms with E-state index in [1.165, 1.54) is 31.1 Å². The number of hydrogen-bond donors (Lipinski definition) is 0. The Kier molecular flexibility index (Phi) is 5.78. The maximum absolute atomic E-state index is 12.9. The van der Waals surface area contributed by atoms with Crippen LogP contribution in [-0.2, 0) is 19.6 Å². The molecule has 0 amide bonds. The summed E-state index contributed by atoms with van der Waals surface area (Å²) in [6.07, 6.45) is 11.8. The van der Waals surface area contributed by atoms with Crippen molar-refractivity contribution in [2.24, 2.45) is 40.9 Å². The van der Waals surface area contributed by atoms with E-state index in [-0.39, 0.29) is 17.6 Å². The number of carbonyl (C=O) groups excluding carboxylic acids is 1. The van der Waals surface area contributed by atoms with Crippen LogP contribution in [0.3, 0.4) is 0 Å². The van der Waals surface area contributed by atoms with Crippen molar-refractivity contribution in [3.8, 4) is 0 Å². The number of allylic oxidation sites excluding steroid dienone is 1. The van der Waals surface area contributed by atoms with Crippen molar-refractivity contribution in [2.45, 2.75) is 116 Å². The molecular weight excluding hydrogens is 470 g/mol. The molecule has 36 heavy (non-hydrogen) atoms. The van der Waals surface area contributed by atoms with Crippen LogP contribution in [0.5, 0.6) is 0 Å². The Morgan fingerprint density at radius 1 is 1.06 bits per heavy atom. The number of Topliss-reactive ketones (excluding diaryl/α,β-unsaturated/α-hetero) is 1. The highest BCUT2D eigenvalue weighted by Gasteiger charge is 2.64. The van der Waals surface area contributed by atoms with Crippen LogP contribution in [-0.4, -0.2) is 48.6 Å². The molecular formula is C30H47NO4S. The smallest absolute Gasteiger partial charge is 0.211 e. The van der Waals surface area contributed by atoms with Gasteiger partial charge in [0.15, 0.2) is 0 Å². The van der Waals surface area contributed by atoms with Gasteiger partial charge in [-0.05, 0) is 100 Å². The molecule has 3 saturated carbocycles. The molecule has 6 heteroatoms. The zero-order valence-electron chi connectivity index (χ0n) is 23.3. The summed E-state index contributed by atoms with van der Waals surface area (Å²) in [6, 6.07) is -0.0821. The van der Waals surface area contributed by atoms with Crippen LogP contribution in [0.1, 0.15) is 98.8 Å². The summed E-state index contributed by atoms with van der Waals surface area (Å²) >= 11 is 0. The summed E-state index contributed by atoms with van der Waals surface area (Å²) in [4.78, 5) is 12.2. The average molecular weight is 518 g/mol. The number of hydrogen-bond acceptors (Lipinski definition) is 4. The van der Waals surface area contributed by atoms with Crippen molar-refractivity contribution in [1.29, 1.82) is 0 Å². The maximum atomic E-state index is 12.9. The lowest BCUT2D eigenvalue weighted by Gasteiger charge is -2.52. The highest BCUT2D eigenvalue weighted by atomic mass is 32.2. The molecule has 0 aromatic heterocycles. The fourth-order valence-corrected chi connectivity index (χ4v) is 12.2. The number of rotatable bonds is 1. The molecule has 0 aromatic carbocycles. The van der Waals surface area contributed by atoms with Gasteiger partial charge in [-0.3, -0.25) is 4.79 Å². The van der Waals surface area contributed by atoms with Gasteiger partial charge in [-0.1, -0.05) is 31.9 Å². The fourth-order valence-electron chi connectivity index (χ4n) is 10.8. The molecule has 5 fully saturated rings. The second-order valence-electron chi connectivity index (χ2n) is 14.5. The van der Waals surface area contributed by atoms with Crippen molar-refractivity contribution in [1.82, 2.24) is 4.31 Å². The molecule has 1 spiro atoms. The Labute approximate surface area is 218 Å². The molecule has 2 saturated heterocycles. The van der Waals surface area contributed by atoms with Gasteiger partial charge < -0.3 is 4.74 Å². The van der Waals surface area contributed by atoms with Gasteiger partial charge >= 0.3 is 0 Å². The number of nitrogens with zero attached hydrogens (tertiary/aromatic N) is 1. The van der Waals surface area contributed by atoms with Gasteiger partial charge in [-0.25, -0.2) is 8.42 Å². The first-order chi connectivity index (χ1) is 16.8. The topological polar surface area (TPSA) is 63.7 Å². The van der Waals surface area contributed by atoms with Gasteiger partial charge in [0, 0.05) is 25.3 Å². The van der Waals surface area contributed by atoms with E-state index in [2.05, 4.69) is 34.6 Å². The van der Waals surface area contributed by atoms with Crippen LogP contribution in [0.25, 0.3) is 0 Å². The van der Waals surface area contributed by atoms with Crippen molar-refractivity contribution in [3.63, 3.8) is 0 Å². The van der Waals surface area contributed by atoms with Crippen LogP contribution >= 0.6 is 0 Å². The summed E-state index contributed by atoms with van der Waals surface area (Å²) in [7, 11) is -3.30. The van der Waals surface area contributed by atoms with E-state index in [1.54, 1.807) is 9.88 Å². The van der Waals surface area contributed by atoms with Crippen LogP contribution in [0.15, 0.2) is 11.1 Å². The third-order valence-corrected chi connectivity index (χ3v) is 13.5. The van der Waals surface area contributed by atoms with Gasteiger partial charge in [-0.15, -0.1) is 0 Å². The molecule has 0 bridgehead atoms. The summed E-state index contributed by atoms with van der Waals surface area (Å²) in [5.41, 5.74) is 2.84. The number of ketones is 1. The Balaban J connectivity index is 1.32. The molecule has 2 unspecified atom stereocenters. The van der Waals surface area contributed by atoms with E-state index >= 15 is 0 Å². The largest absolute Gasteiger partial charge is 0.366 e. The molecule has 2 heterocycles. The predicted molar refractivity (Wildman–Crippen MR) is 142 cm³/mol. The molecule has 2 aliphatic heterocycles. The summed E-state index contributed by atoms with van der Waals surface area (Å²) in [5.74, 6) is 3.64. The first kappa shape index (κ1) is 25.6. The summed E-state index contributed by atoms with van der Waals surface area (Å²) < 4.78 is 34.7. The predicted octanol–water partition coefficient (Wildman–Crippen LogP) is 5.74. The molecule has 0 radical (unpaired) electrons. The molecule has 0 N–H and O–H groups in total. The minimum absolute atomic E-state index is 0.0821. The first-order valence-corrected chi connectivity index (χ1v) is 16.5. The molecule has 10 atom stereocenters. The highest BCUT2D eigenvalue weighted by molar-refractivity contribution is 7.88. The van der Waals surface area contributed by atoms with Gasteiger partial charge in [0.1, 0.15) is 5.78 Å². The van der Waals surface area contributed by atoms with Gasteiger partial charge in [0.25, 0.3) is 0 Å². The van der Waals surface area contributed by atoms with Crippen molar-refractivity contribution >= 4 is 15.8 Å². The van der Waals surface area contributed by atoms with Crippen LogP contribution in [0.2, 0.25) is 0 Å². The molecule has 5 nitrogen and oxygen atoms in total. The Hall–Kier alpha value is -0.720. The fraction of sp³-hybridized carbons (Fsp3) is 0.900. The number of ether oxygens (including phenoxy) is 1. The third-order valence-electron chi connectivity index (χ3n) is 12.3. The molecule has 202 valence electrons. The second kappa shape index (κ2) is 8.14. The SMILES string of the molecule is CC1=C2CC3[C@@H](CC[C@@H]4CC(=O)CC[C@]34C)[C@@H]2CC[C@@]2(C1)O[C@]1(C)C[C@H](C)CN(S(C)(=O)=O)C1[C@H]2C. The van der Waals surface area contributed by atoms with Crippen molar-refractivity contribution < 1.29 is 17.9 Å². The van der Waals surface area contributed by atoms with Gasteiger partial charge in [-0.2, -0.15) is 4.31 Å². The van der Waals surface area contributed by atoms with Gasteiger partial charge in [0.2, 0.25) is 10.0 Å². The third kappa shape index (κ3) is 3.59. The number of fused-ring (bicyclic) bond motifs is 6. The average Bonchev–Trinajstić information content (AvgIpc) is 3.20. The monoisotopic (exact) mass is 517 g/mol. The quantitative estimate of drug-likeness (QED) is 0.416. The summed E-state index contributed by atoms with van der Waals surface area (Å²) in [6.45, 7) is 12.1. The lowest BCUT2D eigenvalue weighted by Crippen LogP contribution is -2.58. The maximum Gasteiger partial charge on any atom is 0.211 e. The minimum Gasteiger partial charge on any atom is -0.366 e. The zero-order chi connectivity index (χ0) is 25.8. The first-order valence-electron chi connectivity index (χ1n) is 14.6. The van der Waals surface area contributed by atoms with Gasteiger partial charge in [0.05, 0.1) is 23.5 Å². The van der Waals surface area contributed by atoms with Crippen LogP contribution in [0.4, 0.5) is 0 Å². The van der Waals surface area contributed by atoms with E-state index in [0.29, 0.717) is 35.5 Å². The second-order valence-corrected chi connectivity index (χ2v) is 16.4.